The molecule has 0 unspecified atom stereocenters. The molecule has 2 aliphatic rings. The summed E-state index contributed by atoms with van der Waals surface area (Å²) in [5.74, 6) is 0.919. The number of hydrogen-bond donors (Lipinski definition) is 1. The Bertz CT molecular complexity index is 892. The molecule has 30 heavy (non-hydrogen) atoms. The van der Waals surface area contributed by atoms with Gasteiger partial charge in [-0.3, -0.25) is 14.6 Å². The first-order valence-corrected chi connectivity index (χ1v) is 10.5. The topological polar surface area (TPSA) is 65.1 Å². The highest BCUT2D eigenvalue weighted by Crippen LogP contribution is 2.20. The number of nitrogens with one attached hydrogen (secondary N) is 1. The second-order valence-corrected chi connectivity index (χ2v) is 7.58. The van der Waals surface area contributed by atoms with Crippen LogP contribution in [0.25, 0.3) is 0 Å². The van der Waals surface area contributed by atoms with Gasteiger partial charge in [0.05, 0.1) is 6.61 Å². The molecule has 0 atom stereocenters. The van der Waals surface area contributed by atoms with E-state index in [0.29, 0.717) is 38.3 Å². The zero-order valence-corrected chi connectivity index (χ0v) is 17.3. The van der Waals surface area contributed by atoms with E-state index in [2.05, 4.69) is 22.3 Å². The number of hydrogen-bond acceptors (Lipinski definition) is 4. The van der Waals surface area contributed by atoms with Gasteiger partial charge in [-0.2, -0.15) is 0 Å². The third-order valence-electron chi connectivity index (χ3n) is 5.56. The molecule has 0 aromatic heterocycles. The third-order valence-corrected chi connectivity index (χ3v) is 5.56. The lowest BCUT2D eigenvalue weighted by Crippen LogP contribution is -2.48. The number of carbonyl (C=O) groups excluding carboxylic acids is 2. The van der Waals surface area contributed by atoms with E-state index in [-0.39, 0.29) is 11.9 Å². The maximum atomic E-state index is 13.0. The molecule has 7 heteroatoms. The van der Waals surface area contributed by atoms with Crippen molar-refractivity contribution in [1.82, 2.24) is 15.1 Å². The molecule has 2 saturated heterocycles. The number of amides is 3. The minimum absolute atomic E-state index is 0.0252. The Kier molecular flexibility index (Phi) is 6.18. The van der Waals surface area contributed by atoms with E-state index < -0.39 is 0 Å². The molecular weight excluding hydrogens is 380 g/mol. The SMILES string of the molecule is CCOc1ccc(CN2CCN(C(=O)c3cccc(N4CCNC4=O)c3)CC2)cc1. The van der Waals surface area contributed by atoms with Crippen LogP contribution in [-0.2, 0) is 6.54 Å². The van der Waals surface area contributed by atoms with Crippen LogP contribution in [0.15, 0.2) is 48.5 Å². The van der Waals surface area contributed by atoms with Crippen molar-refractivity contribution in [2.24, 2.45) is 0 Å². The van der Waals surface area contributed by atoms with Crippen molar-refractivity contribution in [1.29, 1.82) is 0 Å². The van der Waals surface area contributed by atoms with Gasteiger partial charge in [0.15, 0.2) is 0 Å². The van der Waals surface area contributed by atoms with E-state index in [4.69, 9.17) is 4.74 Å². The molecular formula is C23H28N4O3. The summed E-state index contributed by atoms with van der Waals surface area (Å²) in [6, 6.07) is 15.5. The van der Waals surface area contributed by atoms with Crippen molar-refractivity contribution < 1.29 is 14.3 Å². The first-order chi connectivity index (χ1) is 14.6. The van der Waals surface area contributed by atoms with Gasteiger partial charge >= 0.3 is 6.03 Å². The first kappa shape index (κ1) is 20.2. The van der Waals surface area contributed by atoms with Crippen LogP contribution in [0.5, 0.6) is 5.75 Å². The van der Waals surface area contributed by atoms with Crippen LogP contribution in [0, 0.1) is 0 Å². The van der Waals surface area contributed by atoms with Gasteiger partial charge in [0.25, 0.3) is 5.91 Å². The molecule has 4 rings (SSSR count). The molecule has 7 nitrogen and oxygen atoms in total. The molecule has 0 bridgehead atoms. The summed E-state index contributed by atoms with van der Waals surface area (Å²) in [4.78, 5) is 30.8. The number of ether oxygens (including phenoxy) is 1. The van der Waals surface area contributed by atoms with Crippen LogP contribution in [0.1, 0.15) is 22.8 Å². The van der Waals surface area contributed by atoms with Crippen molar-refractivity contribution >= 4 is 17.6 Å². The Balaban J connectivity index is 1.32. The summed E-state index contributed by atoms with van der Waals surface area (Å²) >= 11 is 0. The molecule has 0 saturated carbocycles. The maximum Gasteiger partial charge on any atom is 0.321 e. The Hall–Kier alpha value is -3.06. The summed E-state index contributed by atoms with van der Waals surface area (Å²) in [5, 5.41) is 2.79. The average molecular weight is 409 g/mol. The number of nitrogens with zero attached hydrogens (tertiary/aromatic N) is 3. The number of rotatable bonds is 6. The zero-order chi connectivity index (χ0) is 20.9. The second-order valence-electron chi connectivity index (χ2n) is 7.58. The molecule has 2 aliphatic heterocycles. The van der Waals surface area contributed by atoms with Crippen molar-refractivity contribution in [3.63, 3.8) is 0 Å². The highest BCUT2D eigenvalue weighted by atomic mass is 16.5. The number of anilines is 1. The lowest BCUT2D eigenvalue weighted by atomic mass is 10.1. The highest BCUT2D eigenvalue weighted by Gasteiger charge is 2.25. The summed E-state index contributed by atoms with van der Waals surface area (Å²) in [6.45, 7) is 7.86. The molecule has 0 radical (unpaired) electrons. The van der Waals surface area contributed by atoms with Gasteiger partial charge in [0.2, 0.25) is 0 Å². The summed E-state index contributed by atoms with van der Waals surface area (Å²) in [7, 11) is 0. The standard InChI is InChI=1S/C23H28N4O3/c1-2-30-21-8-6-18(7-9-21)17-25-12-14-26(15-13-25)22(28)19-4-3-5-20(16-19)27-11-10-24-23(27)29/h3-9,16H,2,10-15,17H2,1H3,(H,24,29). The van der Waals surface area contributed by atoms with Gasteiger partial charge < -0.3 is 15.0 Å². The van der Waals surface area contributed by atoms with Gasteiger partial charge in [-0.25, -0.2) is 4.79 Å². The van der Waals surface area contributed by atoms with Crippen molar-refractivity contribution in [3.05, 3.63) is 59.7 Å². The largest absolute Gasteiger partial charge is 0.494 e. The number of carbonyl (C=O) groups is 2. The van der Waals surface area contributed by atoms with E-state index in [1.165, 1.54) is 5.56 Å². The summed E-state index contributed by atoms with van der Waals surface area (Å²) in [5.41, 5.74) is 2.65. The maximum absolute atomic E-state index is 13.0. The fourth-order valence-corrected chi connectivity index (χ4v) is 3.93. The molecule has 0 spiro atoms. The van der Waals surface area contributed by atoms with Crippen LogP contribution in [0.3, 0.4) is 0 Å². The molecule has 2 aromatic carbocycles. The van der Waals surface area contributed by atoms with E-state index >= 15 is 0 Å². The minimum Gasteiger partial charge on any atom is -0.494 e. The molecule has 0 aliphatic carbocycles. The monoisotopic (exact) mass is 408 g/mol. The normalized spacial score (nSPS) is 17.2. The predicted molar refractivity (Wildman–Crippen MR) is 116 cm³/mol. The lowest BCUT2D eigenvalue weighted by Gasteiger charge is -2.35. The molecule has 158 valence electrons. The number of urea groups is 1. The number of piperazine rings is 1. The highest BCUT2D eigenvalue weighted by molar-refractivity contribution is 5.98. The van der Waals surface area contributed by atoms with Gasteiger partial charge in [0.1, 0.15) is 5.75 Å². The summed E-state index contributed by atoms with van der Waals surface area (Å²) < 4.78 is 5.50. The van der Waals surface area contributed by atoms with Gasteiger partial charge in [-0.1, -0.05) is 18.2 Å². The van der Waals surface area contributed by atoms with Gasteiger partial charge in [-0.05, 0) is 42.8 Å². The van der Waals surface area contributed by atoms with Crippen LogP contribution < -0.4 is 15.0 Å². The lowest BCUT2D eigenvalue weighted by molar-refractivity contribution is 0.0628. The van der Waals surface area contributed by atoms with Gasteiger partial charge in [-0.15, -0.1) is 0 Å². The van der Waals surface area contributed by atoms with Crippen LogP contribution in [-0.4, -0.2) is 67.6 Å². The second kappa shape index (κ2) is 9.17. The molecule has 2 fully saturated rings. The van der Waals surface area contributed by atoms with Crippen LogP contribution in [0.4, 0.5) is 10.5 Å². The summed E-state index contributed by atoms with van der Waals surface area (Å²) in [6.07, 6.45) is 0. The quantitative estimate of drug-likeness (QED) is 0.798. The Labute approximate surface area is 177 Å². The zero-order valence-electron chi connectivity index (χ0n) is 17.3. The molecule has 2 heterocycles. The Morgan fingerprint density at radius 2 is 1.80 bits per heavy atom. The smallest absolute Gasteiger partial charge is 0.321 e. The molecule has 3 amide bonds. The number of benzene rings is 2. The van der Waals surface area contributed by atoms with Gasteiger partial charge in [0, 0.05) is 57.1 Å². The third kappa shape index (κ3) is 4.57. The van der Waals surface area contributed by atoms with Crippen molar-refractivity contribution in [3.8, 4) is 5.75 Å². The minimum atomic E-state index is -0.109. The van der Waals surface area contributed by atoms with Crippen LogP contribution >= 0.6 is 0 Å². The van der Waals surface area contributed by atoms with E-state index in [9.17, 15) is 9.59 Å². The first-order valence-electron chi connectivity index (χ1n) is 10.5. The van der Waals surface area contributed by atoms with Crippen molar-refractivity contribution in [2.45, 2.75) is 13.5 Å². The average Bonchev–Trinajstić information content (AvgIpc) is 3.21. The Morgan fingerprint density at radius 1 is 1.03 bits per heavy atom. The fourth-order valence-electron chi connectivity index (χ4n) is 3.93. The molecule has 1 N–H and O–H groups in total. The van der Waals surface area contributed by atoms with E-state index in [0.717, 1.165) is 31.1 Å². The van der Waals surface area contributed by atoms with E-state index in [1.54, 1.807) is 4.90 Å². The fraction of sp³-hybridized carbons (Fsp3) is 0.391. The van der Waals surface area contributed by atoms with Crippen molar-refractivity contribution in [2.75, 3.05) is 50.8 Å². The van der Waals surface area contributed by atoms with Crippen LogP contribution in [0.2, 0.25) is 0 Å². The molecule has 2 aromatic rings. The Morgan fingerprint density at radius 3 is 2.47 bits per heavy atom. The predicted octanol–water partition coefficient (Wildman–Crippen LogP) is 2.57. The van der Waals surface area contributed by atoms with E-state index in [1.807, 2.05) is 48.2 Å².